The van der Waals surface area contributed by atoms with Crippen LogP contribution in [0.3, 0.4) is 0 Å². The molecule has 0 amide bonds. The van der Waals surface area contributed by atoms with Crippen molar-refractivity contribution in [2.45, 2.75) is 13.8 Å². The van der Waals surface area contributed by atoms with Gasteiger partial charge >= 0.3 is 0 Å². The van der Waals surface area contributed by atoms with Crippen molar-refractivity contribution < 1.29 is 14.6 Å². The van der Waals surface area contributed by atoms with Crippen LogP contribution in [0.4, 0.5) is 0 Å². The minimum atomic E-state index is -0.0956. The summed E-state index contributed by atoms with van der Waals surface area (Å²) in [7, 11) is 0. The van der Waals surface area contributed by atoms with E-state index >= 15 is 0 Å². The second-order valence-corrected chi connectivity index (χ2v) is 2.81. The number of aliphatic hydroxyl groups is 1. The van der Waals surface area contributed by atoms with Crippen molar-refractivity contribution in [2.24, 2.45) is 5.92 Å². The van der Waals surface area contributed by atoms with Crippen molar-refractivity contribution in [2.75, 3.05) is 6.61 Å². The Balaban J connectivity index is 3.03. The standard InChI is InChI=1S/C10H12O3/c1-3-13-9-5-4-7(2)8(6-11)10(9)12/h4-5,7,12H,3H2,1-2H3. The van der Waals surface area contributed by atoms with Crippen molar-refractivity contribution >= 4 is 5.94 Å². The maximum atomic E-state index is 10.5. The molecule has 0 radical (unpaired) electrons. The van der Waals surface area contributed by atoms with Gasteiger partial charge in [-0.2, -0.15) is 0 Å². The van der Waals surface area contributed by atoms with E-state index in [9.17, 15) is 9.90 Å². The Labute approximate surface area is 77.0 Å². The molecular formula is C10H12O3. The Morgan fingerprint density at radius 2 is 2.38 bits per heavy atom. The van der Waals surface area contributed by atoms with E-state index < -0.39 is 0 Å². The minimum Gasteiger partial charge on any atom is -0.504 e. The molecule has 1 N–H and O–H groups in total. The first-order valence-electron chi connectivity index (χ1n) is 4.20. The first-order valence-corrected chi connectivity index (χ1v) is 4.20. The van der Waals surface area contributed by atoms with Crippen LogP contribution in [0.2, 0.25) is 0 Å². The predicted molar refractivity (Wildman–Crippen MR) is 48.8 cm³/mol. The number of hydrogen-bond acceptors (Lipinski definition) is 3. The van der Waals surface area contributed by atoms with Gasteiger partial charge in [-0.05, 0) is 13.0 Å². The fraction of sp³-hybridized carbons (Fsp3) is 0.400. The highest BCUT2D eigenvalue weighted by Crippen LogP contribution is 2.25. The SMILES string of the molecule is CCOC1=C(O)C(=C=O)C(C)C=C1. The Morgan fingerprint density at radius 1 is 1.69 bits per heavy atom. The third-order valence-electron chi connectivity index (χ3n) is 1.89. The van der Waals surface area contributed by atoms with Crippen LogP contribution in [0.5, 0.6) is 0 Å². The Bertz CT molecular complexity index is 306. The summed E-state index contributed by atoms with van der Waals surface area (Å²) in [5.74, 6) is 1.88. The summed E-state index contributed by atoms with van der Waals surface area (Å²) in [5, 5.41) is 9.53. The van der Waals surface area contributed by atoms with Gasteiger partial charge in [0.15, 0.2) is 11.5 Å². The van der Waals surface area contributed by atoms with E-state index in [2.05, 4.69) is 0 Å². The van der Waals surface area contributed by atoms with Crippen LogP contribution in [-0.4, -0.2) is 17.7 Å². The monoisotopic (exact) mass is 180 g/mol. The highest BCUT2D eigenvalue weighted by Gasteiger charge is 2.20. The molecule has 1 atom stereocenters. The fourth-order valence-electron chi connectivity index (χ4n) is 1.17. The lowest BCUT2D eigenvalue weighted by atomic mass is 9.95. The lowest BCUT2D eigenvalue weighted by molar-refractivity contribution is 0.217. The van der Waals surface area contributed by atoms with Crippen molar-refractivity contribution in [3.8, 4) is 0 Å². The molecule has 0 aliphatic heterocycles. The van der Waals surface area contributed by atoms with Gasteiger partial charge in [0, 0.05) is 5.92 Å². The molecule has 3 heteroatoms. The Kier molecular flexibility index (Phi) is 2.93. The highest BCUT2D eigenvalue weighted by molar-refractivity contribution is 5.63. The topological polar surface area (TPSA) is 46.5 Å². The predicted octanol–water partition coefficient (Wildman–Crippen LogP) is 1.76. The smallest absolute Gasteiger partial charge is 0.172 e. The summed E-state index contributed by atoms with van der Waals surface area (Å²) in [4.78, 5) is 10.5. The van der Waals surface area contributed by atoms with Crippen molar-refractivity contribution in [3.63, 3.8) is 0 Å². The van der Waals surface area contributed by atoms with Crippen molar-refractivity contribution in [1.29, 1.82) is 0 Å². The zero-order valence-electron chi connectivity index (χ0n) is 7.70. The molecule has 0 fully saturated rings. The molecule has 0 aromatic carbocycles. The van der Waals surface area contributed by atoms with Crippen LogP contribution in [0.25, 0.3) is 0 Å². The molecule has 1 unspecified atom stereocenters. The number of ether oxygens (including phenoxy) is 1. The maximum absolute atomic E-state index is 10.5. The molecule has 0 saturated carbocycles. The molecule has 1 rings (SSSR count). The third-order valence-corrected chi connectivity index (χ3v) is 1.89. The van der Waals surface area contributed by atoms with Gasteiger partial charge in [0.1, 0.15) is 5.94 Å². The number of aliphatic hydroxyl groups excluding tert-OH is 1. The van der Waals surface area contributed by atoms with Crippen LogP contribution in [0, 0.1) is 5.92 Å². The van der Waals surface area contributed by atoms with Gasteiger partial charge < -0.3 is 9.84 Å². The first kappa shape index (κ1) is 9.62. The van der Waals surface area contributed by atoms with Crippen LogP contribution < -0.4 is 0 Å². The highest BCUT2D eigenvalue weighted by atomic mass is 16.5. The lowest BCUT2D eigenvalue weighted by Crippen LogP contribution is -2.09. The molecule has 1 aliphatic rings. The average molecular weight is 180 g/mol. The number of carbonyl (C=O) groups excluding carboxylic acids is 1. The van der Waals surface area contributed by atoms with Gasteiger partial charge in [0.05, 0.1) is 12.2 Å². The zero-order chi connectivity index (χ0) is 9.84. The molecule has 0 aromatic rings. The summed E-state index contributed by atoms with van der Waals surface area (Å²) in [6, 6.07) is 0. The number of hydrogen-bond donors (Lipinski definition) is 1. The molecule has 13 heavy (non-hydrogen) atoms. The van der Waals surface area contributed by atoms with E-state index in [0.717, 1.165) is 0 Å². The van der Waals surface area contributed by atoms with Crippen molar-refractivity contribution in [1.82, 2.24) is 0 Å². The summed E-state index contributed by atoms with van der Waals surface area (Å²) in [6.07, 6.45) is 3.47. The molecule has 3 nitrogen and oxygen atoms in total. The third kappa shape index (κ3) is 1.82. The van der Waals surface area contributed by atoms with Gasteiger partial charge in [-0.25, -0.2) is 4.79 Å². The largest absolute Gasteiger partial charge is 0.504 e. The summed E-state index contributed by atoms with van der Waals surface area (Å²) >= 11 is 0. The van der Waals surface area contributed by atoms with Crippen LogP contribution >= 0.6 is 0 Å². The molecule has 70 valence electrons. The maximum Gasteiger partial charge on any atom is 0.172 e. The number of allylic oxidation sites excluding steroid dienone is 3. The second-order valence-electron chi connectivity index (χ2n) is 2.81. The van der Waals surface area contributed by atoms with Gasteiger partial charge in [-0.1, -0.05) is 13.0 Å². The first-order chi connectivity index (χ1) is 6.20. The second kappa shape index (κ2) is 3.97. The molecule has 0 heterocycles. The zero-order valence-corrected chi connectivity index (χ0v) is 7.70. The van der Waals surface area contributed by atoms with Gasteiger partial charge in [0.25, 0.3) is 0 Å². The van der Waals surface area contributed by atoms with E-state index in [1.54, 1.807) is 18.1 Å². The molecular weight excluding hydrogens is 168 g/mol. The van der Waals surface area contributed by atoms with E-state index in [-0.39, 0.29) is 17.3 Å². The summed E-state index contributed by atoms with van der Waals surface area (Å²) < 4.78 is 5.12. The van der Waals surface area contributed by atoms with Crippen LogP contribution in [-0.2, 0) is 9.53 Å². The molecule has 0 aromatic heterocycles. The van der Waals surface area contributed by atoms with Gasteiger partial charge in [-0.15, -0.1) is 0 Å². The van der Waals surface area contributed by atoms with Crippen LogP contribution in [0.1, 0.15) is 13.8 Å². The van der Waals surface area contributed by atoms with Crippen LogP contribution in [0.15, 0.2) is 29.2 Å². The summed E-state index contributed by atoms with van der Waals surface area (Å²) in [6.45, 7) is 4.09. The van der Waals surface area contributed by atoms with Gasteiger partial charge in [0.2, 0.25) is 0 Å². The summed E-state index contributed by atoms with van der Waals surface area (Å²) in [5.41, 5.74) is 0.256. The van der Waals surface area contributed by atoms with Gasteiger partial charge in [-0.3, -0.25) is 0 Å². The molecule has 0 spiro atoms. The quantitative estimate of drug-likeness (QED) is 0.658. The normalized spacial score (nSPS) is 21.7. The Morgan fingerprint density at radius 3 is 2.92 bits per heavy atom. The average Bonchev–Trinajstić information content (AvgIpc) is 2.11. The fourth-order valence-corrected chi connectivity index (χ4v) is 1.17. The van der Waals surface area contributed by atoms with E-state index in [1.807, 2.05) is 13.8 Å². The molecule has 1 aliphatic carbocycles. The minimum absolute atomic E-state index is 0.0909. The molecule has 0 saturated heterocycles. The van der Waals surface area contributed by atoms with E-state index in [4.69, 9.17) is 4.74 Å². The van der Waals surface area contributed by atoms with E-state index in [0.29, 0.717) is 12.4 Å². The number of rotatable bonds is 2. The van der Waals surface area contributed by atoms with Crippen molar-refractivity contribution in [3.05, 3.63) is 29.2 Å². The molecule has 0 bridgehead atoms. The lowest BCUT2D eigenvalue weighted by Gasteiger charge is -2.16. The van der Waals surface area contributed by atoms with E-state index in [1.165, 1.54) is 0 Å². The Hall–Kier alpha value is -1.47.